The highest BCUT2D eigenvalue weighted by Gasteiger charge is 2.44. The summed E-state index contributed by atoms with van der Waals surface area (Å²) < 4.78 is 116. The van der Waals surface area contributed by atoms with Gasteiger partial charge in [0.05, 0.1) is 0 Å². The largest absolute Gasteiger partial charge is 0.741 e. The molecule has 0 amide bonds. The van der Waals surface area contributed by atoms with Crippen LogP contribution in [-0.2, 0) is 20.2 Å². The van der Waals surface area contributed by atoms with Crippen LogP contribution in [0.3, 0.4) is 0 Å². The summed E-state index contributed by atoms with van der Waals surface area (Å²) in [4.78, 5) is 13.6. The van der Waals surface area contributed by atoms with Crippen LogP contribution in [0.1, 0.15) is 71.2 Å². The second-order valence-corrected chi connectivity index (χ2v) is 12.1. The monoisotopic (exact) mass is 759 g/mol. The summed E-state index contributed by atoms with van der Waals surface area (Å²) >= 11 is 0. The van der Waals surface area contributed by atoms with Gasteiger partial charge in [-0.3, -0.25) is 34.0 Å². The lowest BCUT2D eigenvalue weighted by Gasteiger charge is -2.37. The summed E-state index contributed by atoms with van der Waals surface area (Å²) in [5, 5.41) is 0. The van der Waals surface area contributed by atoms with Crippen molar-refractivity contribution in [3.8, 4) is 0 Å². The topological polar surface area (TPSA) is 163 Å². The van der Waals surface area contributed by atoms with Crippen LogP contribution in [0.4, 0.5) is 26.3 Å². The zero-order chi connectivity index (χ0) is 33.4. The number of rotatable bonds is 10. The molecule has 0 aliphatic carbocycles. The van der Waals surface area contributed by atoms with E-state index in [1.807, 2.05) is 0 Å². The number of halogens is 6. The van der Waals surface area contributed by atoms with Gasteiger partial charge in [-0.25, -0.2) is 8.42 Å². The fourth-order valence-corrected chi connectivity index (χ4v) is 3.44. The van der Waals surface area contributed by atoms with E-state index in [0.29, 0.717) is 12.6 Å². The molecule has 0 saturated heterocycles. The van der Waals surface area contributed by atoms with Crippen molar-refractivity contribution in [1.29, 1.82) is 0 Å². The fourth-order valence-electron chi connectivity index (χ4n) is 3.44. The normalized spacial score (nSPS) is 11.1. The van der Waals surface area contributed by atoms with E-state index in [1.165, 1.54) is 12.8 Å². The number of hydrogen-bond acceptors (Lipinski definition) is 11. The second-order valence-electron chi connectivity index (χ2n) is 9.33. The zero-order valence-electron chi connectivity index (χ0n) is 25.7. The molecule has 0 aromatic heterocycles. The minimum atomic E-state index is -6.09. The van der Waals surface area contributed by atoms with Gasteiger partial charge in [-0.2, -0.15) is 34.8 Å². The van der Waals surface area contributed by atoms with Crippen LogP contribution in [0.25, 0.3) is 0 Å². The lowest BCUT2D eigenvalue weighted by Crippen LogP contribution is -2.52. The first-order valence-electron chi connectivity index (χ1n) is 11.6. The minimum Gasteiger partial charge on any atom is -0.741 e. The maximum absolute atomic E-state index is 10.7. The minimum absolute atomic E-state index is 0. The molecule has 13 nitrogen and oxygen atoms in total. The molecule has 0 heterocycles. The highest BCUT2D eigenvalue weighted by molar-refractivity contribution is 7.86. The van der Waals surface area contributed by atoms with Crippen LogP contribution in [0.15, 0.2) is 0 Å². The highest BCUT2D eigenvalue weighted by atomic mass is 32.2. The molecule has 0 unspecified atom stereocenters. The van der Waals surface area contributed by atoms with E-state index in [9.17, 15) is 26.3 Å². The standard InChI is InChI=1S/2C9H23N3.2CHF3O3S.6CH4.H2O/c2*1-7-8-12(6)9(10(2)3)11(4)5;2*2-1(3,4)8(5,6)7;;;;;;;/h2*9H,7-8H2,1-6H3;2*(H,5,6,7);6*1H4;1H2/p-1. The van der Waals surface area contributed by atoms with Gasteiger partial charge in [0.15, 0.2) is 10.1 Å². The third-order valence-electron chi connectivity index (χ3n) is 4.36. The Morgan fingerprint density at radius 2 is 0.702 bits per heavy atom. The Balaban J connectivity index is -0.0000000395. The van der Waals surface area contributed by atoms with Gasteiger partial charge in [-0.1, -0.05) is 58.4 Å². The van der Waals surface area contributed by atoms with Crippen LogP contribution >= 0.6 is 0 Å². The molecule has 0 rings (SSSR count). The van der Waals surface area contributed by atoms with Gasteiger partial charge < -0.3 is 10.0 Å². The van der Waals surface area contributed by atoms with Crippen molar-refractivity contribution in [3.05, 3.63) is 0 Å². The molecule has 0 aliphatic rings. The lowest BCUT2D eigenvalue weighted by molar-refractivity contribution is -0.0519. The summed E-state index contributed by atoms with van der Waals surface area (Å²) in [5.41, 5.74) is -11.2. The Morgan fingerprint density at radius 1 is 0.553 bits per heavy atom. The Kier molecular flexibility index (Phi) is 54.4. The van der Waals surface area contributed by atoms with Crippen molar-refractivity contribution in [2.75, 3.05) is 83.6 Å². The van der Waals surface area contributed by atoms with E-state index < -0.39 is 31.3 Å². The summed E-state index contributed by atoms with van der Waals surface area (Å²) in [5.74, 6) is 0. The Labute approximate surface area is 285 Å². The van der Waals surface area contributed by atoms with Crippen molar-refractivity contribution >= 4 is 20.2 Å². The molecule has 0 atom stereocenters. The lowest BCUT2D eigenvalue weighted by atomic mass is 10.4. The molecule has 0 aliphatic heterocycles. The maximum atomic E-state index is 10.7. The van der Waals surface area contributed by atoms with E-state index >= 15 is 0 Å². The molecule has 0 aromatic rings. The molecule has 0 radical (unpaired) electrons. The van der Waals surface area contributed by atoms with Crippen molar-refractivity contribution in [3.63, 3.8) is 0 Å². The fraction of sp³-hybridized carbons (Fsp3) is 1.00. The summed E-state index contributed by atoms with van der Waals surface area (Å²) in [7, 11) is 9.25. The second kappa shape index (κ2) is 33.6. The third kappa shape index (κ3) is 37.8. The van der Waals surface area contributed by atoms with Crippen LogP contribution in [0, 0.1) is 0 Å². The van der Waals surface area contributed by atoms with Gasteiger partial charge in [-0.05, 0) is 83.3 Å². The van der Waals surface area contributed by atoms with E-state index in [0.717, 1.165) is 13.1 Å². The van der Waals surface area contributed by atoms with Gasteiger partial charge in [0.1, 0.15) is 12.6 Å². The molecule has 0 aromatic carbocycles. The van der Waals surface area contributed by atoms with E-state index in [2.05, 4.69) is 114 Å². The average Bonchev–Trinajstić information content (AvgIpc) is 2.65. The van der Waals surface area contributed by atoms with Crippen molar-refractivity contribution < 1.29 is 57.8 Å². The molecule has 0 bridgehead atoms. The van der Waals surface area contributed by atoms with Gasteiger partial charge in [0.25, 0.3) is 0 Å². The van der Waals surface area contributed by atoms with Gasteiger partial charge >= 0.3 is 21.1 Å². The predicted octanol–water partition coefficient (Wildman–Crippen LogP) is 4.91. The zero-order valence-corrected chi connectivity index (χ0v) is 27.4. The van der Waals surface area contributed by atoms with Crippen molar-refractivity contribution in [2.45, 2.75) is 94.8 Å². The number of hydrogen-bond donors (Lipinski definition) is 1. The Morgan fingerprint density at radius 3 is 0.766 bits per heavy atom. The first-order valence-corrected chi connectivity index (χ1v) is 14.5. The van der Waals surface area contributed by atoms with Gasteiger partial charge in [-0.15, -0.1) is 0 Å². The van der Waals surface area contributed by atoms with Gasteiger partial charge in [0, 0.05) is 13.1 Å². The molecule has 3 N–H and O–H groups in total. The van der Waals surface area contributed by atoms with E-state index in [4.69, 9.17) is 25.9 Å². The Hall–Kier alpha value is -0.880. The van der Waals surface area contributed by atoms with Crippen LogP contribution in [0.5, 0.6) is 0 Å². The quantitative estimate of drug-likeness (QED) is 0.139. The molecule has 0 saturated carbocycles. The first kappa shape index (κ1) is 76.1. The van der Waals surface area contributed by atoms with Crippen LogP contribution in [-0.4, -0.2) is 168 Å². The smallest absolute Gasteiger partial charge is 0.522 e. The van der Waals surface area contributed by atoms with Crippen LogP contribution in [0.2, 0.25) is 0 Å². The number of nitrogens with zero attached hydrogens (tertiary/aromatic N) is 6. The Bertz CT molecular complexity index is 779. The van der Waals surface area contributed by atoms with Crippen molar-refractivity contribution in [1.82, 2.24) is 29.4 Å². The molecular formula is C26H73F6N6O7S2-. The maximum Gasteiger partial charge on any atom is 0.522 e. The molecule has 0 spiro atoms. The SMILES string of the molecule is C.C.C.C.C.C.CCCN(C)C(N(C)C)N(C)C.CCCN(C)C(N(C)C)N(C)C.O.O=S(=O)(O)C(F)(F)F.O=S(=O)([O-])C(F)(F)F. The van der Waals surface area contributed by atoms with E-state index in [-0.39, 0.29) is 50.0 Å². The number of alkyl halides is 6. The van der Waals surface area contributed by atoms with Crippen molar-refractivity contribution in [2.24, 2.45) is 0 Å². The molecule has 47 heavy (non-hydrogen) atoms. The van der Waals surface area contributed by atoms with Crippen LogP contribution < -0.4 is 0 Å². The van der Waals surface area contributed by atoms with Gasteiger partial charge in [0.2, 0.25) is 0 Å². The molecule has 0 fully saturated rings. The molecule has 21 heteroatoms. The molecule has 304 valence electrons. The summed E-state index contributed by atoms with van der Waals surface area (Å²) in [6.45, 7) is 6.69. The first-order chi connectivity index (χ1) is 17.5. The predicted molar refractivity (Wildman–Crippen MR) is 186 cm³/mol. The molecular weight excluding hydrogens is 686 g/mol. The van der Waals surface area contributed by atoms with E-state index in [1.54, 1.807) is 0 Å². The summed E-state index contributed by atoms with van der Waals surface area (Å²) in [6, 6.07) is 0. The average molecular weight is 760 g/mol. The summed E-state index contributed by atoms with van der Waals surface area (Å²) in [6.07, 6.45) is 3.22. The third-order valence-corrected chi connectivity index (χ3v) is 5.52. The highest BCUT2D eigenvalue weighted by Crippen LogP contribution is 2.21.